The Labute approximate surface area is 92.9 Å². The van der Waals surface area contributed by atoms with Crippen molar-refractivity contribution in [3.63, 3.8) is 0 Å². The van der Waals surface area contributed by atoms with Crippen LogP contribution in [0.25, 0.3) is 0 Å². The Kier molecular flexibility index (Phi) is 7.27. The van der Waals surface area contributed by atoms with Crippen molar-refractivity contribution < 1.29 is 21.9 Å². The standard InChI is InChI=1S/2C4H9O.2ClH.Ti/c2*1-4(2)3-5;;;/h2*4H,3H2,1-2H3;2*1H;/q2*-1;;;+4/p-2. The second kappa shape index (κ2) is 6.65. The first-order valence-electron chi connectivity index (χ1n) is 4.49. The maximum absolute atomic E-state index is 5.93. The average molecular weight is 265 g/mol. The summed E-state index contributed by atoms with van der Waals surface area (Å²) >= 11 is -3.37. The third-order valence-electron chi connectivity index (χ3n) is 1.17. The van der Waals surface area contributed by atoms with Gasteiger partial charge in [-0.1, -0.05) is 0 Å². The first-order chi connectivity index (χ1) is 5.83. The normalized spacial score (nSPS) is 12.9. The Bertz CT molecular complexity index is 126. The number of halogens is 2. The van der Waals surface area contributed by atoms with Gasteiger partial charge in [0.05, 0.1) is 0 Å². The van der Waals surface area contributed by atoms with E-state index in [1.54, 1.807) is 0 Å². The molecule has 0 saturated heterocycles. The SMILES string of the molecule is CC(C)C[O][Ti]([Cl])([Cl])[O]CC(C)C. The predicted octanol–water partition coefficient (Wildman–Crippen LogP) is 3.62. The van der Waals surface area contributed by atoms with Crippen LogP contribution in [-0.2, 0) is 21.9 Å². The van der Waals surface area contributed by atoms with Crippen molar-refractivity contribution in [3.05, 3.63) is 0 Å². The van der Waals surface area contributed by atoms with E-state index < -0.39 is 15.2 Å². The van der Waals surface area contributed by atoms with Crippen LogP contribution in [0.4, 0.5) is 0 Å². The van der Waals surface area contributed by atoms with E-state index in [0.29, 0.717) is 25.0 Å². The molecule has 0 aliphatic heterocycles. The zero-order valence-corrected chi connectivity index (χ0v) is 11.7. The molecule has 0 aromatic carbocycles. The van der Waals surface area contributed by atoms with Gasteiger partial charge >= 0.3 is 93.2 Å². The zero-order valence-electron chi connectivity index (χ0n) is 8.64. The van der Waals surface area contributed by atoms with Gasteiger partial charge in [-0.25, -0.2) is 0 Å². The van der Waals surface area contributed by atoms with E-state index in [1.165, 1.54) is 0 Å². The number of hydrogen-bond acceptors (Lipinski definition) is 2. The molecule has 0 spiro atoms. The summed E-state index contributed by atoms with van der Waals surface area (Å²) < 4.78 is 10.7. The maximum atomic E-state index is 5.93. The third kappa shape index (κ3) is 9.52. The van der Waals surface area contributed by atoms with Crippen LogP contribution in [0.1, 0.15) is 27.7 Å². The van der Waals surface area contributed by atoms with Crippen LogP contribution in [0.2, 0.25) is 0 Å². The summed E-state index contributed by atoms with van der Waals surface area (Å²) in [5.74, 6) is 0.871. The van der Waals surface area contributed by atoms with Crippen molar-refractivity contribution in [2.45, 2.75) is 27.7 Å². The first kappa shape index (κ1) is 14.2. The monoisotopic (exact) mass is 264 g/mol. The molecule has 0 amide bonds. The molecule has 2 nitrogen and oxygen atoms in total. The number of rotatable bonds is 6. The van der Waals surface area contributed by atoms with Gasteiger partial charge in [0.15, 0.2) is 0 Å². The molecule has 0 rings (SSSR count). The molecule has 5 heteroatoms. The fourth-order valence-corrected chi connectivity index (χ4v) is 3.39. The molecular weight excluding hydrogens is 247 g/mol. The van der Waals surface area contributed by atoms with Crippen molar-refractivity contribution in [2.75, 3.05) is 13.2 Å². The molecule has 0 fully saturated rings. The van der Waals surface area contributed by atoms with E-state index in [4.69, 9.17) is 25.2 Å². The van der Waals surface area contributed by atoms with Crippen LogP contribution in [0.3, 0.4) is 0 Å². The minimum atomic E-state index is -3.37. The second-order valence-corrected chi connectivity index (χ2v) is 11.1. The average Bonchev–Trinajstić information content (AvgIpc) is 1.98. The van der Waals surface area contributed by atoms with Crippen LogP contribution >= 0.6 is 18.6 Å². The van der Waals surface area contributed by atoms with Crippen molar-refractivity contribution >= 4 is 18.6 Å². The van der Waals surface area contributed by atoms with E-state index in [9.17, 15) is 0 Å². The van der Waals surface area contributed by atoms with Gasteiger partial charge in [-0.2, -0.15) is 0 Å². The van der Waals surface area contributed by atoms with Gasteiger partial charge in [-0.15, -0.1) is 0 Å². The van der Waals surface area contributed by atoms with Crippen LogP contribution in [-0.4, -0.2) is 13.2 Å². The Morgan fingerprint density at radius 1 is 0.923 bits per heavy atom. The van der Waals surface area contributed by atoms with Crippen LogP contribution < -0.4 is 0 Å². The fourth-order valence-electron chi connectivity index (χ4n) is 0.569. The zero-order chi connectivity index (χ0) is 10.5. The molecule has 0 radical (unpaired) electrons. The van der Waals surface area contributed by atoms with Crippen LogP contribution in [0.5, 0.6) is 0 Å². The Morgan fingerprint density at radius 3 is 1.46 bits per heavy atom. The molecule has 0 atom stereocenters. The van der Waals surface area contributed by atoms with E-state index in [-0.39, 0.29) is 0 Å². The summed E-state index contributed by atoms with van der Waals surface area (Å²) in [6.07, 6.45) is 0. The molecule has 0 aromatic rings. The van der Waals surface area contributed by atoms with Crippen LogP contribution in [0, 0.1) is 11.8 Å². The summed E-state index contributed by atoms with van der Waals surface area (Å²) in [5, 5.41) is 0. The van der Waals surface area contributed by atoms with Crippen molar-refractivity contribution in [1.82, 2.24) is 0 Å². The van der Waals surface area contributed by atoms with Gasteiger partial charge in [0.25, 0.3) is 0 Å². The first-order valence-corrected chi connectivity index (χ1v) is 10.1. The van der Waals surface area contributed by atoms with E-state index in [2.05, 4.69) is 27.7 Å². The van der Waals surface area contributed by atoms with E-state index in [0.717, 1.165) is 0 Å². The molecule has 0 saturated carbocycles. The molecule has 0 aromatic heterocycles. The van der Waals surface area contributed by atoms with Gasteiger partial charge in [-0.3, -0.25) is 0 Å². The summed E-state index contributed by atoms with van der Waals surface area (Å²) in [5.41, 5.74) is 0. The van der Waals surface area contributed by atoms with Gasteiger partial charge in [0.2, 0.25) is 0 Å². The van der Waals surface area contributed by atoms with Crippen molar-refractivity contribution in [2.24, 2.45) is 11.8 Å². The summed E-state index contributed by atoms with van der Waals surface area (Å²) in [7, 11) is 11.9. The summed E-state index contributed by atoms with van der Waals surface area (Å²) in [4.78, 5) is 0. The summed E-state index contributed by atoms with van der Waals surface area (Å²) in [6.45, 7) is 9.35. The predicted molar refractivity (Wildman–Crippen MR) is 53.3 cm³/mol. The number of hydrogen-bond donors (Lipinski definition) is 0. The molecule has 0 unspecified atom stereocenters. The molecular formula is C8H18Cl2O2Ti. The van der Waals surface area contributed by atoms with Gasteiger partial charge in [-0.05, 0) is 0 Å². The topological polar surface area (TPSA) is 18.5 Å². The molecule has 0 aliphatic rings. The van der Waals surface area contributed by atoms with Crippen LogP contribution in [0.15, 0.2) is 0 Å². The quantitative estimate of drug-likeness (QED) is 0.683. The van der Waals surface area contributed by atoms with E-state index in [1.807, 2.05) is 0 Å². The van der Waals surface area contributed by atoms with Gasteiger partial charge in [0, 0.05) is 0 Å². The molecule has 80 valence electrons. The second-order valence-electron chi connectivity index (χ2n) is 3.87. The van der Waals surface area contributed by atoms with Gasteiger partial charge < -0.3 is 0 Å². The third-order valence-corrected chi connectivity index (χ3v) is 4.54. The van der Waals surface area contributed by atoms with Gasteiger partial charge in [0.1, 0.15) is 0 Å². The Morgan fingerprint density at radius 2 is 1.23 bits per heavy atom. The van der Waals surface area contributed by atoms with Crippen molar-refractivity contribution in [3.8, 4) is 0 Å². The molecule has 0 aliphatic carbocycles. The summed E-state index contributed by atoms with van der Waals surface area (Å²) in [6, 6.07) is 0. The van der Waals surface area contributed by atoms with Crippen molar-refractivity contribution in [1.29, 1.82) is 0 Å². The molecule has 0 bridgehead atoms. The Hall–Kier alpha value is 1.21. The molecule has 0 heterocycles. The minimum absolute atomic E-state index is 0.435. The van der Waals surface area contributed by atoms with E-state index >= 15 is 0 Å². The molecule has 13 heavy (non-hydrogen) atoms. The molecule has 0 N–H and O–H groups in total. The fraction of sp³-hybridized carbons (Fsp3) is 1.00. The Balaban J connectivity index is 3.66.